The number of hydrogen-bond acceptors (Lipinski definition) is 3. The average molecular weight is 306 g/mol. The zero-order chi connectivity index (χ0) is 15.9. The summed E-state index contributed by atoms with van der Waals surface area (Å²) in [5, 5.41) is 10.4. The van der Waals surface area contributed by atoms with Crippen molar-refractivity contribution >= 4 is 16.8 Å². The molecule has 3 rings (SSSR count). The lowest BCUT2D eigenvalue weighted by molar-refractivity contribution is -0.0886. The Morgan fingerprint density at radius 2 is 1.77 bits per heavy atom. The molecule has 1 aromatic heterocycles. The van der Waals surface area contributed by atoms with E-state index < -0.39 is 23.3 Å². The van der Waals surface area contributed by atoms with Crippen LogP contribution in [-0.2, 0) is 0 Å². The van der Waals surface area contributed by atoms with Crippen molar-refractivity contribution < 1.29 is 27.5 Å². The third-order valence-corrected chi connectivity index (χ3v) is 3.30. The van der Waals surface area contributed by atoms with Crippen LogP contribution in [0.25, 0.3) is 22.1 Å². The van der Waals surface area contributed by atoms with E-state index in [0.29, 0.717) is 16.5 Å². The van der Waals surface area contributed by atoms with Crippen molar-refractivity contribution in [1.29, 1.82) is 0 Å². The minimum Gasteiger partial charge on any atom is -0.504 e. The molecule has 2 aromatic carbocycles. The Morgan fingerprint density at radius 3 is 2.41 bits per heavy atom. The minimum atomic E-state index is -5.08. The van der Waals surface area contributed by atoms with Crippen LogP contribution >= 0.6 is 0 Å². The molecule has 0 fully saturated rings. The third kappa shape index (κ3) is 2.22. The molecule has 1 heterocycles. The SMILES string of the molecule is O=C(c1cc(-c2ccccc2)c2ccoc2c1O)C(F)(F)F. The van der Waals surface area contributed by atoms with Crippen molar-refractivity contribution in [1.82, 2.24) is 0 Å². The Balaban J connectivity index is 2.32. The molecule has 112 valence electrons. The Morgan fingerprint density at radius 1 is 1.09 bits per heavy atom. The normalized spacial score (nSPS) is 11.8. The molecular weight excluding hydrogens is 297 g/mol. The molecule has 0 amide bonds. The van der Waals surface area contributed by atoms with E-state index in [-0.39, 0.29) is 5.58 Å². The Hall–Kier alpha value is -2.76. The second-order valence-electron chi connectivity index (χ2n) is 4.68. The number of benzene rings is 2. The molecule has 0 atom stereocenters. The molecular formula is C16H9F3O3. The fourth-order valence-electron chi connectivity index (χ4n) is 2.30. The molecule has 0 saturated heterocycles. The Labute approximate surface area is 122 Å². The van der Waals surface area contributed by atoms with Gasteiger partial charge in [-0.25, -0.2) is 0 Å². The first-order valence-corrected chi connectivity index (χ1v) is 6.29. The third-order valence-electron chi connectivity index (χ3n) is 3.30. The van der Waals surface area contributed by atoms with Crippen LogP contribution in [0.15, 0.2) is 53.1 Å². The van der Waals surface area contributed by atoms with Crippen LogP contribution in [0.3, 0.4) is 0 Å². The number of Topliss-reactive ketones (excluding diaryl/α,β-unsaturated/α-hetero) is 1. The zero-order valence-corrected chi connectivity index (χ0v) is 11.0. The van der Waals surface area contributed by atoms with Gasteiger partial charge in [-0.05, 0) is 23.3 Å². The molecule has 0 spiro atoms. The summed E-state index contributed by atoms with van der Waals surface area (Å²) in [5.74, 6) is -2.91. The van der Waals surface area contributed by atoms with Gasteiger partial charge in [-0.15, -0.1) is 0 Å². The second-order valence-corrected chi connectivity index (χ2v) is 4.68. The Kier molecular flexibility index (Phi) is 3.16. The van der Waals surface area contributed by atoms with Crippen LogP contribution in [0.4, 0.5) is 13.2 Å². The van der Waals surface area contributed by atoms with Crippen molar-refractivity contribution in [2.75, 3.05) is 0 Å². The number of phenolic OH excluding ortho intramolecular Hbond substituents is 1. The lowest BCUT2D eigenvalue weighted by Gasteiger charge is -2.11. The summed E-state index contributed by atoms with van der Waals surface area (Å²) in [7, 11) is 0. The van der Waals surface area contributed by atoms with E-state index in [0.717, 1.165) is 6.07 Å². The number of carbonyl (C=O) groups is 1. The van der Waals surface area contributed by atoms with Gasteiger partial charge in [0.05, 0.1) is 11.8 Å². The topological polar surface area (TPSA) is 50.4 Å². The predicted octanol–water partition coefficient (Wildman–Crippen LogP) is 4.55. The summed E-state index contributed by atoms with van der Waals surface area (Å²) in [6.07, 6.45) is -3.83. The van der Waals surface area contributed by atoms with E-state index in [4.69, 9.17) is 4.42 Å². The van der Waals surface area contributed by atoms with Crippen LogP contribution in [0.1, 0.15) is 10.4 Å². The number of ketones is 1. The van der Waals surface area contributed by atoms with Crippen molar-refractivity contribution in [3.05, 3.63) is 54.3 Å². The highest BCUT2D eigenvalue weighted by atomic mass is 19.4. The van der Waals surface area contributed by atoms with Gasteiger partial charge in [0.15, 0.2) is 11.3 Å². The van der Waals surface area contributed by atoms with E-state index in [1.807, 2.05) is 0 Å². The maximum Gasteiger partial charge on any atom is 0.455 e. The summed E-state index contributed by atoms with van der Waals surface area (Å²) in [6.45, 7) is 0. The number of rotatable bonds is 2. The first-order chi connectivity index (χ1) is 10.4. The van der Waals surface area contributed by atoms with E-state index in [9.17, 15) is 23.1 Å². The van der Waals surface area contributed by atoms with Crippen LogP contribution in [-0.4, -0.2) is 17.1 Å². The number of halogens is 3. The second kappa shape index (κ2) is 4.91. The predicted molar refractivity (Wildman–Crippen MR) is 73.7 cm³/mol. The summed E-state index contributed by atoms with van der Waals surface area (Å²) in [6, 6.07) is 11.2. The fraction of sp³-hybridized carbons (Fsp3) is 0.0625. The van der Waals surface area contributed by atoms with Gasteiger partial charge in [0.2, 0.25) is 0 Å². The van der Waals surface area contributed by atoms with Gasteiger partial charge in [0.1, 0.15) is 0 Å². The van der Waals surface area contributed by atoms with Crippen LogP contribution in [0, 0.1) is 0 Å². The van der Waals surface area contributed by atoms with Crippen molar-refractivity contribution in [2.24, 2.45) is 0 Å². The molecule has 0 saturated carbocycles. The molecule has 0 bridgehead atoms. The number of carbonyl (C=O) groups excluding carboxylic acids is 1. The minimum absolute atomic E-state index is 0.144. The highest BCUT2D eigenvalue weighted by Gasteiger charge is 2.41. The summed E-state index contributed by atoms with van der Waals surface area (Å²) in [5.41, 5.74) is 0.0302. The molecule has 22 heavy (non-hydrogen) atoms. The number of furan rings is 1. The average Bonchev–Trinajstić information content (AvgIpc) is 2.97. The van der Waals surface area contributed by atoms with E-state index >= 15 is 0 Å². The van der Waals surface area contributed by atoms with Crippen molar-refractivity contribution in [3.8, 4) is 16.9 Å². The Bertz CT molecular complexity index is 848. The summed E-state index contributed by atoms with van der Waals surface area (Å²) < 4.78 is 43.1. The van der Waals surface area contributed by atoms with Gasteiger partial charge in [-0.2, -0.15) is 13.2 Å². The first-order valence-electron chi connectivity index (χ1n) is 6.29. The van der Waals surface area contributed by atoms with Crippen molar-refractivity contribution in [2.45, 2.75) is 6.18 Å². The molecule has 6 heteroatoms. The highest BCUT2D eigenvalue weighted by molar-refractivity contribution is 6.10. The monoisotopic (exact) mass is 306 g/mol. The van der Waals surface area contributed by atoms with Crippen LogP contribution < -0.4 is 0 Å². The fourth-order valence-corrected chi connectivity index (χ4v) is 2.30. The maximum absolute atomic E-state index is 12.7. The summed E-state index contributed by atoms with van der Waals surface area (Å²) >= 11 is 0. The summed E-state index contributed by atoms with van der Waals surface area (Å²) in [4.78, 5) is 11.5. The molecule has 1 N–H and O–H groups in total. The lowest BCUT2D eigenvalue weighted by atomic mass is 9.96. The number of phenols is 1. The van der Waals surface area contributed by atoms with Gasteiger partial charge in [0, 0.05) is 5.39 Å². The van der Waals surface area contributed by atoms with Gasteiger partial charge in [0.25, 0.3) is 5.78 Å². The largest absolute Gasteiger partial charge is 0.504 e. The molecule has 0 unspecified atom stereocenters. The van der Waals surface area contributed by atoms with Gasteiger partial charge < -0.3 is 9.52 Å². The standard InChI is InChI=1S/C16H9F3O3/c17-16(18,19)15(21)12-8-11(9-4-2-1-3-5-9)10-6-7-22-14(10)13(12)20/h1-8,20H. The first kappa shape index (κ1) is 14.2. The molecule has 0 aliphatic heterocycles. The molecule has 0 aliphatic carbocycles. The maximum atomic E-state index is 12.7. The lowest BCUT2D eigenvalue weighted by Crippen LogP contribution is -2.22. The number of aromatic hydroxyl groups is 1. The van der Waals surface area contributed by atoms with E-state index in [1.165, 1.54) is 12.3 Å². The highest BCUT2D eigenvalue weighted by Crippen LogP contribution is 2.39. The zero-order valence-electron chi connectivity index (χ0n) is 11.0. The molecule has 0 aliphatic rings. The smallest absolute Gasteiger partial charge is 0.455 e. The van der Waals surface area contributed by atoms with Gasteiger partial charge in [-0.1, -0.05) is 30.3 Å². The molecule has 3 nitrogen and oxygen atoms in total. The van der Waals surface area contributed by atoms with Crippen molar-refractivity contribution in [3.63, 3.8) is 0 Å². The number of hydrogen-bond donors (Lipinski definition) is 1. The molecule has 3 aromatic rings. The van der Waals surface area contributed by atoms with Crippen LogP contribution in [0.2, 0.25) is 0 Å². The molecule has 0 radical (unpaired) electrons. The van der Waals surface area contributed by atoms with E-state index in [2.05, 4.69) is 0 Å². The van der Waals surface area contributed by atoms with Crippen LogP contribution in [0.5, 0.6) is 5.75 Å². The van der Waals surface area contributed by atoms with E-state index in [1.54, 1.807) is 30.3 Å². The van der Waals surface area contributed by atoms with Gasteiger partial charge >= 0.3 is 6.18 Å². The van der Waals surface area contributed by atoms with Gasteiger partial charge in [-0.3, -0.25) is 4.79 Å². The number of fused-ring (bicyclic) bond motifs is 1. The number of alkyl halides is 3. The quantitative estimate of drug-likeness (QED) is 0.707.